The molecule has 0 aliphatic carbocycles. The average Bonchev–Trinajstić information content (AvgIpc) is 2.92. The molecule has 22 heavy (non-hydrogen) atoms. The molecular weight excluding hydrogens is 286 g/mol. The third kappa shape index (κ3) is 3.44. The van der Waals surface area contributed by atoms with Gasteiger partial charge in [0.05, 0.1) is 4.92 Å². The first-order valence-corrected chi connectivity index (χ1v) is 7.74. The minimum atomic E-state index is -0.504. The number of nitrogens with zero attached hydrogens (tertiary/aromatic N) is 3. The summed E-state index contributed by atoms with van der Waals surface area (Å²) >= 11 is 0. The number of carbonyl (C=O) groups excluding carboxylic acids is 1. The molecule has 0 radical (unpaired) electrons. The molecule has 2 rings (SSSR count). The van der Waals surface area contributed by atoms with Crippen molar-refractivity contribution in [3.63, 3.8) is 0 Å². The van der Waals surface area contributed by atoms with Crippen molar-refractivity contribution in [1.82, 2.24) is 20.4 Å². The number of aryl methyl sites for hydroxylation is 1. The van der Waals surface area contributed by atoms with Crippen molar-refractivity contribution < 1.29 is 9.72 Å². The highest BCUT2D eigenvalue weighted by Crippen LogP contribution is 2.25. The first-order chi connectivity index (χ1) is 10.6. The van der Waals surface area contributed by atoms with Gasteiger partial charge in [0.25, 0.3) is 5.91 Å². The summed E-state index contributed by atoms with van der Waals surface area (Å²) < 4.78 is 0. The lowest BCUT2D eigenvalue weighted by molar-refractivity contribution is -0.385. The SMILES string of the molecule is CCCc1[nH]nc(C(=O)N2CCC(CNC)CC2)c1[N+](=O)[O-]. The quantitative estimate of drug-likeness (QED) is 0.609. The van der Waals surface area contributed by atoms with Crippen molar-refractivity contribution in [3.8, 4) is 0 Å². The zero-order valence-electron chi connectivity index (χ0n) is 13.1. The van der Waals surface area contributed by atoms with Crippen LogP contribution in [0.1, 0.15) is 42.4 Å². The maximum Gasteiger partial charge on any atom is 0.322 e. The van der Waals surface area contributed by atoms with Crippen LogP contribution in [0.15, 0.2) is 0 Å². The van der Waals surface area contributed by atoms with Crippen molar-refractivity contribution in [1.29, 1.82) is 0 Å². The number of amides is 1. The van der Waals surface area contributed by atoms with Crippen molar-refractivity contribution in [3.05, 3.63) is 21.5 Å². The molecule has 8 nitrogen and oxygen atoms in total. The molecule has 2 N–H and O–H groups in total. The van der Waals surface area contributed by atoms with Gasteiger partial charge in [-0.05, 0) is 38.8 Å². The number of aromatic nitrogens is 2. The molecule has 1 aromatic rings. The van der Waals surface area contributed by atoms with Gasteiger partial charge in [0, 0.05) is 13.1 Å². The number of rotatable bonds is 6. The molecule has 8 heteroatoms. The van der Waals surface area contributed by atoms with Gasteiger partial charge in [-0.1, -0.05) is 13.3 Å². The average molecular weight is 309 g/mol. The minimum Gasteiger partial charge on any atom is -0.337 e. The predicted molar refractivity (Wildman–Crippen MR) is 81.8 cm³/mol. The Labute approximate surface area is 129 Å². The Hall–Kier alpha value is -1.96. The smallest absolute Gasteiger partial charge is 0.322 e. The fourth-order valence-corrected chi connectivity index (χ4v) is 2.92. The lowest BCUT2D eigenvalue weighted by Gasteiger charge is -2.31. The standard InChI is InChI=1S/C14H23N5O3/c1-3-4-11-13(19(21)22)12(17-16-11)14(20)18-7-5-10(6-8-18)9-15-2/h10,15H,3-9H2,1-2H3,(H,16,17). The van der Waals surface area contributed by atoms with E-state index in [1.165, 1.54) is 0 Å². The first kappa shape index (κ1) is 16.4. The molecule has 2 heterocycles. The number of piperidine rings is 1. The summed E-state index contributed by atoms with van der Waals surface area (Å²) in [7, 11) is 1.92. The lowest BCUT2D eigenvalue weighted by Crippen LogP contribution is -2.40. The second kappa shape index (κ2) is 7.35. The Bertz CT molecular complexity index is 535. The Morgan fingerprint density at radius 1 is 1.50 bits per heavy atom. The molecule has 122 valence electrons. The molecule has 1 aliphatic rings. The summed E-state index contributed by atoms with van der Waals surface area (Å²) in [4.78, 5) is 25.0. The number of likely N-dealkylation sites (tertiary alicyclic amines) is 1. The van der Waals surface area contributed by atoms with E-state index < -0.39 is 4.92 Å². The van der Waals surface area contributed by atoms with Crippen molar-refractivity contribution in [2.75, 3.05) is 26.7 Å². The fourth-order valence-electron chi connectivity index (χ4n) is 2.92. The van der Waals surface area contributed by atoms with Gasteiger partial charge in [-0.3, -0.25) is 20.0 Å². The zero-order valence-corrected chi connectivity index (χ0v) is 13.1. The van der Waals surface area contributed by atoms with Crippen molar-refractivity contribution in [2.45, 2.75) is 32.6 Å². The predicted octanol–water partition coefficient (Wildman–Crippen LogP) is 1.34. The maximum atomic E-state index is 12.5. The summed E-state index contributed by atoms with van der Waals surface area (Å²) in [5.41, 5.74) is 0.214. The summed E-state index contributed by atoms with van der Waals surface area (Å²) in [6.45, 7) is 4.11. The van der Waals surface area contributed by atoms with E-state index in [4.69, 9.17) is 0 Å². The van der Waals surface area contributed by atoms with Crippen LogP contribution in [0.25, 0.3) is 0 Å². The maximum absolute atomic E-state index is 12.5. The second-order valence-electron chi connectivity index (χ2n) is 5.70. The molecule has 0 atom stereocenters. The van der Waals surface area contributed by atoms with E-state index in [9.17, 15) is 14.9 Å². The van der Waals surface area contributed by atoms with Gasteiger partial charge < -0.3 is 10.2 Å². The van der Waals surface area contributed by atoms with Gasteiger partial charge in [0.2, 0.25) is 5.69 Å². The van der Waals surface area contributed by atoms with E-state index in [1.807, 2.05) is 14.0 Å². The molecule has 1 aliphatic heterocycles. The topological polar surface area (TPSA) is 104 Å². The van der Waals surface area contributed by atoms with Crippen LogP contribution in [0, 0.1) is 16.0 Å². The monoisotopic (exact) mass is 309 g/mol. The molecule has 0 saturated carbocycles. The van der Waals surface area contributed by atoms with E-state index in [1.54, 1.807) is 4.90 Å². The fraction of sp³-hybridized carbons (Fsp3) is 0.714. The Kier molecular flexibility index (Phi) is 5.48. The molecule has 0 spiro atoms. The summed E-state index contributed by atoms with van der Waals surface area (Å²) in [5, 5.41) is 21.0. The van der Waals surface area contributed by atoms with Gasteiger partial charge in [-0.2, -0.15) is 5.10 Å². The summed E-state index contributed by atoms with van der Waals surface area (Å²) in [5.74, 6) is 0.215. The van der Waals surface area contributed by atoms with Crippen LogP contribution < -0.4 is 5.32 Å². The number of nitro groups is 1. The Morgan fingerprint density at radius 3 is 2.73 bits per heavy atom. The number of H-pyrrole nitrogens is 1. The minimum absolute atomic E-state index is 0.0551. The van der Waals surface area contributed by atoms with Gasteiger partial charge in [-0.15, -0.1) is 0 Å². The van der Waals surface area contributed by atoms with Crippen LogP contribution in [0.4, 0.5) is 5.69 Å². The van der Waals surface area contributed by atoms with Gasteiger partial charge in [0.15, 0.2) is 0 Å². The molecule has 1 fully saturated rings. The summed E-state index contributed by atoms with van der Waals surface area (Å²) in [6, 6.07) is 0. The molecule has 1 saturated heterocycles. The Morgan fingerprint density at radius 2 is 2.18 bits per heavy atom. The van der Waals surface area contributed by atoms with E-state index in [0.717, 1.165) is 25.8 Å². The number of nitrogens with one attached hydrogen (secondary N) is 2. The highest BCUT2D eigenvalue weighted by Gasteiger charge is 2.33. The normalized spacial score (nSPS) is 16.0. The van der Waals surface area contributed by atoms with Gasteiger partial charge in [0.1, 0.15) is 5.69 Å². The first-order valence-electron chi connectivity index (χ1n) is 7.74. The van der Waals surface area contributed by atoms with E-state index >= 15 is 0 Å². The van der Waals surface area contributed by atoms with Crippen LogP contribution in [0.5, 0.6) is 0 Å². The zero-order chi connectivity index (χ0) is 16.1. The number of aromatic amines is 1. The van der Waals surface area contributed by atoms with Crippen molar-refractivity contribution >= 4 is 11.6 Å². The van der Waals surface area contributed by atoms with Gasteiger partial charge in [-0.25, -0.2) is 0 Å². The third-order valence-electron chi connectivity index (χ3n) is 4.09. The molecule has 0 bridgehead atoms. The number of hydrogen-bond donors (Lipinski definition) is 2. The van der Waals surface area contributed by atoms with E-state index in [-0.39, 0.29) is 17.3 Å². The highest BCUT2D eigenvalue weighted by atomic mass is 16.6. The third-order valence-corrected chi connectivity index (χ3v) is 4.09. The van der Waals surface area contributed by atoms with Crippen LogP contribution in [-0.4, -0.2) is 52.6 Å². The van der Waals surface area contributed by atoms with E-state index in [2.05, 4.69) is 15.5 Å². The van der Waals surface area contributed by atoms with Crippen LogP contribution in [0.3, 0.4) is 0 Å². The number of hydrogen-bond acceptors (Lipinski definition) is 5. The molecule has 0 unspecified atom stereocenters. The Balaban J connectivity index is 2.12. The molecule has 0 aromatic carbocycles. The van der Waals surface area contributed by atoms with E-state index in [0.29, 0.717) is 31.1 Å². The molecule has 1 amide bonds. The second-order valence-corrected chi connectivity index (χ2v) is 5.70. The van der Waals surface area contributed by atoms with Gasteiger partial charge >= 0.3 is 5.69 Å². The number of carbonyl (C=O) groups is 1. The summed E-state index contributed by atoms with van der Waals surface area (Å²) in [6.07, 6.45) is 3.09. The highest BCUT2D eigenvalue weighted by molar-refractivity contribution is 5.96. The van der Waals surface area contributed by atoms with Crippen molar-refractivity contribution in [2.24, 2.45) is 5.92 Å². The van der Waals surface area contributed by atoms with Crippen LogP contribution in [0.2, 0.25) is 0 Å². The largest absolute Gasteiger partial charge is 0.337 e. The lowest BCUT2D eigenvalue weighted by atomic mass is 9.96. The van der Waals surface area contributed by atoms with Crippen LogP contribution in [-0.2, 0) is 6.42 Å². The van der Waals surface area contributed by atoms with Crippen LogP contribution >= 0.6 is 0 Å². The molecular formula is C14H23N5O3. The molecule has 1 aromatic heterocycles.